The summed E-state index contributed by atoms with van der Waals surface area (Å²) in [4.78, 5) is 7.78. The average Bonchev–Trinajstić information content (AvgIpc) is 2.95. The van der Waals surface area contributed by atoms with Crippen molar-refractivity contribution in [2.24, 2.45) is 12.8 Å². The van der Waals surface area contributed by atoms with Gasteiger partial charge in [-0.25, -0.2) is 4.98 Å². The molecule has 0 spiro atoms. The van der Waals surface area contributed by atoms with Crippen molar-refractivity contribution in [2.75, 3.05) is 0 Å². The number of imidazole rings is 1. The Hall–Kier alpha value is -1.62. The van der Waals surface area contributed by atoms with Crippen molar-refractivity contribution >= 4 is 0 Å². The van der Waals surface area contributed by atoms with Crippen LogP contribution in [0.2, 0.25) is 0 Å². The van der Waals surface area contributed by atoms with E-state index in [0.717, 1.165) is 35.6 Å². The van der Waals surface area contributed by atoms with Crippen LogP contribution < -0.4 is 5.73 Å². The Morgan fingerprint density at radius 3 is 2.56 bits per heavy atom. The van der Waals surface area contributed by atoms with Gasteiger partial charge >= 0.3 is 0 Å². The SMILES string of the molecule is CCC(N)(CC)c1ncc(-c2cn(C)nc2C)[nH]1. The number of hydrogen-bond acceptors (Lipinski definition) is 3. The first-order chi connectivity index (χ1) is 8.50. The Balaban J connectivity index is 2.39. The molecule has 2 aromatic heterocycles. The van der Waals surface area contributed by atoms with Crippen LogP contribution in [-0.4, -0.2) is 19.7 Å². The van der Waals surface area contributed by atoms with Crippen LogP contribution in [0.15, 0.2) is 12.4 Å². The number of aromatic amines is 1. The third-order valence-corrected chi connectivity index (χ3v) is 3.61. The summed E-state index contributed by atoms with van der Waals surface area (Å²) in [6.07, 6.45) is 5.56. The quantitative estimate of drug-likeness (QED) is 0.869. The zero-order chi connectivity index (χ0) is 13.3. The van der Waals surface area contributed by atoms with E-state index in [4.69, 9.17) is 5.73 Å². The monoisotopic (exact) mass is 247 g/mol. The van der Waals surface area contributed by atoms with Crippen molar-refractivity contribution in [2.45, 2.75) is 39.2 Å². The summed E-state index contributed by atoms with van der Waals surface area (Å²) in [5.41, 5.74) is 9.01. The molecular weight excluding hydrogens is 226 g/mol. The fourth-order valence-electron chi connectivity index (χ4n) is 2.16. The van der Waals surface area contributed by atoms with E-state index in [0.29, 0.717) is 0 Å². The molecule has 0 saturated carbocycles. The molecule has 98 valence electrons. The topological polar surface area (TPSA) is 72.5 Å². The fourth-order valence-corrected chi connectivity index (χ4v) is 2.16. The number of hydrogen-bond donors (Lipinski definition) is 2. The highest BCUT2D eigenvalue weighted by molar-refractivity contribution is 5.60. The van der Waals surface area contributed by atoms with Crippen molar-refractivity contribution in [1.82, 2.24) is 19.7 Å². The molecular formula is C13H21N5. The third-order valence-electron chi connectivity index (χ3n) is 3.61. The lowest BCUT2D eigenvalue weighted by molar-refractivity contribution is 0.391. The summed E-state index contributed by atoms with van der Waals surface area (Å²) < 4.78 is 1.81. The number of nitrogens with one attached hydrogen (secondary N) is 1. The third kappa shape index (κ3) is 2.06. The molecule has 0 amide bonds. The zero-order valence-corrected chi connectivity index (χ0v) is 11.5. The Morgan fingerprint density at radius 2 is 2.06 bits per heavy atom. The van der Waals surface area contributed by atoms with Gasteiger partial charge in [-0.05, 0) is 19.8 Å². The maximum absolute atomic E-state index is 6.34. The van der Waals surface area contributed by atoms with E-state index in [2.05, 4.69) is 28.9 Å². The fraction of sp³-hybridized carbons (Fsp3) is 0.538. The average molecular weight is 247 g/mol. The van der Waals surface area contributed by atoms with Gasteiger partial charge in [0.1, 0.15) is 5.82 Å². The van der Waals surface area contributed by atoms with Gasteiger partial charge in [0.2, 0.25) is 0 Å². The molecule has 0 bridgehead atoms. The van der Waals surface area contributed by atoms with Crippen molar-refractivity contribution in [3.8, 4) is 11.3 Å². The summed E-state index contributed by atoms with van der Waals surface area (Å²) in [7, 11) is 1.92. The molecule has 0 radical (unpaired) electrons. The van der Waals surface area contributed by atoms with Gasteiger partial charge < -0.3 is 10.7 Å². The highest BCUT2D eigenvalue weighted by atomic mass is 15.2. The lowest BCUT2D eigenvalue weighted by Crippen LogP contribution is -2.36. The summed E-state index contributed by atoms with van der Waals surface area (Å²) >= 11 is 0. The van der Waals surface area contributed by atoms with Crippen LogP contribution >= 0.6 is 0 Å². The summed E-state index contributed by atoms with van der Waals surface area (Å²) in [5, 5.41) is 4.34. The normalized spacial score (nSPS) is 12.1. The standard InChI is InChI=1S/C13H21N5/c1-5-13(14,6-2)12-15-7-11(16-12)10-8-18(4)17-9(10)3/h7-8H,5-6,14H2,1-4H3,(H,15,16). The molecule has 2 aromatic rings. The Labute approximate surface area is 107 Å². The molecule has 0 aliphatic heterocycles. The number of nitrogens with zero attached hydrogens (tertiary/aromatic N) is 3. The molecule has 0 saturated heterocycles. The highest BCUT2D eigenvalue weighted by Gasteiger charge is 2.26. The summed E-state index contributed by atoms with van der Waals surface area (Å²) in [6.45, 7) is 6.16. The minimum absolute atomic E-state index is 0.367. The molecule has 3 N–H and O–H groups in total. The number of aryl methyl sites for hydroxylation is 2. The molecule has 5 heteroatoms. The van der Waals surface area contributed by atoms with E-state index in [9.17, 15) is 0 Å². The minimum atomic E-state index is -0.367. The Kier molecular flexibility index (Phi) is 3.26. The van der Waals surface area contributed by atoms with Gasteiger partial charge in [0.05, 0.1) is 23.1 Å². The second-order valence-corrected chi connectivity index (χ2v) is 4.81. The van der Waals surface area contributed by atoms with Crippen molar-refractivity contribution in [3.05, 3.63) is 23.9 Å². The van der Waals surface area contributed by atoms with Crippen LogP contribution in [0.1, 0.15) is 38.2 Å². The van der Waals surface area contributed by atoms with Crippen molar-refractivity contribution < 1.29 is 0 Å². The maximum Gasteiger partial charge on any atom is 0.126 e. The molecule has 0 aromatic carbocycles. The van der Waals surface area contributed by atoms with Gasteiger partial charge in [0.25, 0.3) is 0 Å². The Morgan fingerprint density at radius 1 is 1.39 bits per heavy atom. The van der Waals surface area contributed by atoms with E-state index in [1.807, 2.05) is 26.4 Å². The van der Waals surface area contributed by atoms with E-state index < -0.39 is 0 Å². The minimum Gasteiger partial charge on any atom is -0.340 e. The van der Waals surface area contributed by atoms with Crippen LogP contribution in [0.5, 0.6) is 0 Å². The van der Waals surface area contributed by atoms with Crippen LogP contribution in [0.25, 0.3) is 11.3 Å². The van der Waals surface area contributed by atoms with E-state index >= 15 is 0 Å². The lowest BCUT2D eigenvalue weighted by atomic mass is 9.93. The van der Waals surface area contributed by atoms with E-state index in [1.54, 1.807) is 4.68 Å². The van der Waals surface area contributed by atoms with Gasteiger partial charge in [-0.2, -0.15) is 5.10 Å². The van der Waals surface area contributed by atoms with Crippen LogP contribution in [0, 0.1) is 6.92 Å². The largest absolute Gasteiger partial charge is 0.340 e. The highest BCUT2D eigenvalue weighted by Crippen LogP contribution is 2.26. The van der Waals surface area contributed by atoms with Crippen LogP contribution in [-0.2, 0) is 12.6 Å². The number of H-pyrrole nitrogens is 1. The first kappa shape index (κ1) is 12.8. The van der Waals surface area contributed by atoms with Gasteiger partial charge in [0, 0.05) is 18.8 Å². The molecule has 2 rings (SSSR count). The second-order valence-electron chi connectivity index (χ2n) is 4.81. The van der Waals surface area contributed by atoms with E-state index in [-0.39, 0.29) is 5.54 Å². The maximum atomic E-state index is 6.34. The molecule has 0 fully saturated rings. The van der Waals surface area contributed by atoms with Crippen LogP contribution in [0.3, 0.4) is 0 Å². The molecule has 0 atom stereocenters. The number of nitrogens with two attached hydrogens (primary N) is 1. The predicted molar refractivity (Wildman–Crippen MR) is 72.0 cm³/mol. The van der Waals surface area contributed by atoms with Gasteiger partial charge in [-0.1, -0.05) is 13.8 Å². The molecule has 0 aliphatic rings. The first-order valence-corrected chi connectivity index (χ1v) is 6.35. The van der Waals surface area contributed by atoms with E-state index in [1.165, 1.54) is 0 Å². The summed E-state index contributed by atoms with van der Waals surface area (Å²) in [5.74, 6) is 0.853. The lowest BCUT2D eigenvalue weighted by Gasteiger charge is -2.23. The van der Waals surface area contributed by atoms with Crippen molar-refractivity contribution in [1.29, 1.82) is 0 Å². The van der Waals surface area contributed by atoms with Crippen LogP contribution in [0.4, 0.5) is 0 Å². The predicted octanol–water partition coefficient (Wildman–Crippen LogP) is 2.09. The molecule has 0 aliphatic carbocycles. The van der Waals surface area contributed by atoms with Gasteiger partial charge in [-0.15, -0.1) is 0 Å². The summed E-state index contributed by atoms with van der Waals surface area (Å²) in [6, 6.07) is 0. The smallest absolute Gasteiger partial charge is 0.126 e. The van der Waals surface area contributed by atoms with Gasteiger partial charge in [-0.3, -0.25) is 4.68 Å². The molecule has 0 unspecified atom stereocenters. The first-order valence-electron chi connectivity index (χ1n) is 6.35. The Bertz CT molecular complexity index is 533. The molecule has 2 heterocycles. The number of rotatable bonds is 4. The zero-order valence-electron chi connectivity index (χ0n) is 11.5. The molecule has 18 heavy (non-hydrogen) atoms. The van der Waals surface area contributed by atoms with Gasteiger partial charge in [0.15, 0.2) is 0 Å². The second kappa shape index (κ2) is 4.57. The van der Waals surface area contributed by atoms with Crippen molar-refractivity contribution in [3.63, 3.8) is 0 Å². The molecule has 5 nitrogen and oxygen atoms in total. The number of aromatic nitrogens is 4.